The number of aliphatic hydroxyl groups is 1. The Labute approximate surface area is 605 Å². The molecule has 25 nitrogen and oxygen atoms in total. The van der Waals surface area contributed by atoms with Gasteiger partial charge in [0.15, 0.2) is 31.1 Å². The van der Waals surface area contributed by atoms with Crippen molar-refractivity contribution in [1.29, 1.82) is 0 Å². The number of ether oxygens (including phenoxy) is 14. The standard InChI is InChI=1S/C76H92N6O19SSi/c1-10-102-75-71(91-44-55-35-23-14-24-36-55)68(89-42-53-31-19-12-20-32-53)64(59(98-75)46-92-103(76(7,8)9,56-37-25-15-26-38-56)57-39-27-16-28-40-57)99-73-69(90-43-54-33-21-13-22-34-54)67(62(86)48(3)94-73)100-74-70(65(60(79-81-77)47(2)93-74)88-41-52-29-17-11-18-30-52)101-72-61(80-82-78)66(96-51(6)85)63(95-50(5)84)58(97-72)45-87-49(4)83/h11-40,47-48,58-75,86H,10,41-46H2,1-9H3/t47-,48+,58-,59-,60-,61-,62-,63+,64-,65+,66-,67-,68+,69+,70+,71-,72-,73+,74-,75+/m1/s1. The fourth-order valence-electron chi connectivity index (χ4n) is 13.6. The number of carbonyl (C=O) groups is 3. The van der Waals surface area contributed by atoms with Crippen molar-refractivity contribution in [1.82, 2.24) is 0 Å². The lowest BCUT2D eigenvalue weighted by Gasteiger charge is -2.52. The molecule has 0 spiro atoms. The first kappa shape index (κ1) is 78.0. The minimum Gasteiger partial charge on any atom is -0.463 e. The van der Waals surface area contributed by atoms with Crippen LogP contribution >= 0.6 is 11.8 Å². The van der Waals surface area contributed by atoms with Crippen LogP contribution in [0.5, 0.6) is 0 Å². The van der Waals surface area contributed by atoms with Crippen molar-refractivity contribution < 1.29 is 90.2 Å². The van der Waals surface area contributed by atoms with Crippen molar-refractivity contribution in [3.8, 4) is 0 Å². The molecule has 0 unspecified atom stereocenters. The van der Waals surface area contributed by atoms with Gasteiger partial charge in [0.25, 0.3) is 8.32 Å². The van der Waals surface area contributed by atoms with Crippen LogP contribution in [0.4, 0.5) is 0 Å². The molecule has 4 aliphatic heterocycles. The molecular weight excluding hydrogens is 1360 g/mol. The normalized spacial score (nSPS) is 29.5. The first-order valence-corrected chi connectivity index (χ1v) is 37.6. The molecule has 0 aliphatic carbocycles. The van der Waals surface area contributed by atoms with E-state index in [1.807, 2.05) is 158 Å². The van der Waals surface area contributed by atoms with Crippen molar-refractivity contribution in [3.63, 3.8) is 0 Å². The summed E-state index contributed by atoms with van der Waals surface area (Å²) in [5, 5.41) is 22.8. The van der Waals surface area contributed by atoms with Gasteiger partial charge in [0.1, 0.15) is 79.1 Å². The lowest BCUT2D eigenvalue weighted by Crippen LogP contribution is -2.69. The van der Waals surface area contributed by atoms with Crippen LogP contribution in [0, 0.1) is 0 Å². The summed E-state index contributed by atoms with van der Waals surface area (Å²) in [6.07, 6.45) is -23.0. The number of aliphatic hydroxyl groups excluding tert-OH is 1. The fraction of sp³-hybridized carbons (Fsp3) is 0.487. The van der Waals surface area contributed by atoms with Gasteiger partial charge in [-0.05, 0) is 68.3 Å². The van der Waals surface area contributed by atoms with E-state index >= 15 is 0 Å². The smallest absolute Gasteiger partial charge is 0.303 e. The molecule has 4 fully saturated rings. The average Bonchev–Trinajstić information content (AvgIpc) is 0.746. The van der Waals surface area contributed by atoms with Gasteiger partial charge in [-0.25, -0.2) is 0 Å². The van der Waals surface area contributed by atoms with Gasteiger partial charge in [-0.2, -0.15) is 0 Å². The summed E-state index contributed by atoms with van der Waals surface area (Å²) in [6.45, 7) is 14.8. The Bertz CT molecular complexity index is 3690. The summed E-state index contributed by atoms with van der Waals surface area (Å²) < 4.78 is 103. The molecule has 1 N–H and O–H groups in total. The van der Waals surface area contributed by atoms with E-state index in [1.54, 1.807) is 25.6 Å². The number of rotatable bonds is 31. The Morgan fingerprint density at radius 1 is 0.476 bits per heavy atom. The van der Waals surface area contributed by atoms with E-state index in [2.05, 4.69) is 72.0 Å². The van der Waals surface area contributed by atoms with Crippen molar-refractivity contribution in [3.05, 3.63) is 225 Å². The second-order valence-electron chi connectivity index (χ2n) is 26.6. The van der Waals surface area contributed by atoms with E-state index < -0.39 is 160 Å². The zero-order valence-electron chi connectivity index (χ0n) is 59.2. The van der Waals surface area contributed by atoms with Crippen LogP contribution in [-0.4, -0.2) is 172 Å². The molecule has 103 heavy (non-hydrogen) atoms. The molecule has 4 saturated heterocycles. The Hall–Kier alpha value is -7.60. The van der Waals surface area contributed by atoms with Crippen LogP contribution < -0.4 is 10.4 Å². The van der Waals surface area contributed by atoms with Crippen LogP contribution in [0.1, 0.15) is 84.6 Å². The summed E-state index contributed by atoms with van der Waals surface area (Å²) in [5.41, 5.74) is 23.1. The highest BCUT2D eigenvalue weighted by Crippen LogP contribution is 2.43. The minimum atomic E-state index is -3.34. The van der Waals surface area contributed by atoms with Crippen LogP contribution in [-0.2, 0) is 112 Å². The third-order valence-corrected chi connectivity index (χ3v) is 24.4. The van der Waals surface area contributed by atoms with Crippen LogP contribution in [0.3, 0.4) is 0 Å². The molecule has 0 bridgehead atoms. The zero-order valence-corrected chi connectivity index (χ0v) is 61.0. The van der Waals surface area contributed by atoms with Crippen molar-refractivity contribution in [2.45, 2.75) is 216 Å². The number of benzene rings is 6. The molecule has 550 valence electrons. The molecule has 20 atom stereocenters. The van der Waals surface area contributed by atoms with Gasteiger partial charge in [0.05, 0.1) is 51.3 Å². The molecule has 4 heterocycles. The average molecular weight is 1450 g/mol. The van der Waals surface area contributed by atoms with E-state index in [-0.39, 0.29) is 33.0 Å². The molecule has 27 heteroatoms. The van der Waals surface area contributed by atoms with Crippen molar-refractivity contribution in [2.75, 3.05) is 19.0 Å². The summed E-state index contributed by atoms with van der Waals surface area (Å²) >= 11 is 1.57. The predicted molar refractivity (Wildman–Crippen MR) is 382 cm³/mol. The maximum atomic E-state index is 13.1. The van der Waals surface area contributed by atoms with Crippen LogP contribution in [0.2, 0.25) is 5.04 Å². The maximum absolute atomic E-state index is 13.1. The minimum absolute atomic E-state index is 0.0268. The molecule has 0 amide bonds. The largest absolute Gasteiger partial charge is 0.463 e. The summed E-state index contributed by atoms with van der Waals surface area (Å²) in [4.78, 5) is 44.7. The van der Waals surface area contributed by atoms with E-state index in [9.17, 15) is 30.6 Å². The second kappa shape index (κ2) is 37.4. The third-order valence-electron chi connectivity index (χ3n) is 18.4. The Balaban J connectivity index is 1.11. The van der Waals surface area contributed by atoms with Crippen LogP contribution in [0.25, 0.3) is 20.9 Å². The Kier molecular flexibility index (Phi) is 28.3. The fourth-order valence-corrected chi connectivity index (χ4v) is 19.1. The van der Waals surface area contributed by atoms with Crippen LogP contribution in [0.15, 0.2) is 192 Å². The van der Waals surface area contributed by atoms with Gasteiger partial charge < -0.3 is 75.8 Å². The highest BCUT2D eigenvalue weighted by molar-refractivity contribution is 7.99. The molecule has 6 aromatic rings. The lowest BCUT2D eigenvalue weighted by molar-refractivity contribution is -0.384. The van der Waals surface area contributed by atoms with E-state index in [4.69, 9.17) is 70.7 Å². The lowest BCUT2D eigenvalue weighted by atomic mass is 9.94. The van der Waals surface area contributed by atoms with E-state index in [0.29, 0.717) is 11.3 Å². The monoisotopic (exact) mass is 1450 g/mol. The Morgan fingerprint density at radius 3 is 1.37 bits per heavy atom. The molecule has 0 radical (unpaired) electrons. The highest BCUT2D eigenvalue weighted by atomic mass is 32.2. The molecule has 6 aromatic carbocycles. The quantitative estimate of drug-likeness (QED) is 0.0106. The number of hydrogen-bond donors (Lipinski definition) is 1. The van der Waals surface area contributed by atoms with Gasteiger partial charge in [-0.3, -0.25) is 14.4 Å². The van der Waals surface area contributed by atoms with Crippen molar-refractivity contribution >= 4 is 48.4 Å². The molecule has 0 saturated carbocycles. The summed E-state index contributed by atoms with van der Waals surface area (Å²) in [7, 11) is -3.34. The predicted octanol–water partition coefficient (Wildman–Crippen LogP) is 10.9. The van der Waals surface area contributed by atoms with E-state index in [1.165, 1.54) is 0 Å². The number of nitrogens with zero attached hydrogens (tertiary/aromatic N) is 6. The first-order valence-electron chi connectivity index (χ1n) is 34.6. The SMILES string of the molecule is CCS[C@@H]1O[C@H](CO[Si](c2ccccc2)(c2ccccc2)C(C)(C)C)[C@@H](O[C@@H]2O[C@@H](C)[C@@H](O)[C@@H](O[C@H]3O[C@H](C)[C@@H](N=[N+]=[N-])[C@H](OCc4ccccc4)[C@@H]3O[C@H]3O[C@H](COC(C)=O)[C@H](OC(C)=O)[C@H](OC(C)=O)[C@H]3N=[N+]=[N-])[C@@H]2OCc2ccccc2)[C@H](OCc2ccccc2)[C@H]1OCc1ccccc1. The number of esters is 3. The number of thioether (sulfide) groups is 1. The summed E-state index contributed by atoms with van der Waals surface area (Å²) in [6, 6.07) is 55.8. The summed E-state index contributed by atoms with van der Waals surface area (Å²) in [5.74, 6) is -1.83. The Morgan fingerprint density at radius 2 is 0.893 bits per heavy atom. The molecular formula is C76H92N6O19SSi. The van der Waals surface area contributed by atoms with Gasteiger partial charge >= 0.3 is 17.9 Å². The third kappa shape index (κ3) is 19.9. The van der Waals surface area contributed by atoms with Gasteiger partial charge in [0.2, 0.25) is 0 Å². The van der Waals surface area contributed by atoms with Gasteiger partial charge in [0, 0.05) is 30.6 Å². The second-order valence-corrected chi connectivity index (χ2v) is 32.3. The molecule has 4 aliphatic rings. The number of carbonyl (C=O) groups excluding carboxylic acids is 3. The van der Waals surface area contributed by atoms with Gasteiger partial charge in [-0.15, -0.1) is 11.8 Å². The number of azide groups is 2. The highest BCUT2D eigenvalue weighted by Gasteiger charge is 2.59. The number of hydrogen-bond acceptors (Lipinski definition) is 22. The molecule has 10 rings (SSSR count). The van der Waals surface area contributed by atoms with E-state index in [0.717, 1.165) is 47.8 Å². The van der Waals surface area contributed by atoms with Gasteiger partial charge in [-0.1, -0.05) is 220 Å². The first-order chi connectivity index (χ1) is 49.8. The maximum Gasteiger partial charge on any atom is 0.303 e. The zero-order chi connectivity index (χ0) is 73.0. The molecule has 0 aromatic heterocycles. The van der Waals surface area contributed by atoms with Crippen molar-refractivity contribution in [2.24, 2.45) is 10.2 Å². The topological polar surface area (TPSA) is 307 Å².